The summed E-state index contributed by atoms with van der Waals surface area (Å²) in [5.74, 6) is 1.61. The molecule has 0 radical (unpaired) electrons. The van der Waals surface area contributed by atoms with Crippen LogP contribution in [0.1, 0.15) is 72.6 Å². The van der Waals surface area contributed by atoms with Gasteiger partial charge in [0.25, 0.3) is 5.91 Å². The zero-order valence-electron chi connectivity index (χ0n) is 21.6. The van der Waals surface area contributed by atoms with Crippen molar-refractivity contribution in [3.63, 3.8) is 0 Å². The fourth-order valence-electron chi connectivity index (χ4n) is 4.48. The molecule has 36 heavy (non-hydrogen) atoms. The van der Waals surface area contributed by atoms with Crippen molar-refractivity contribution in [2.24, 2.45) is 5.92 Å². The fourth-order valence-corrected chi connectivity index (χ4v) is 5.40. The van der Waals surface area contributed by atoms with E-state index >= 15 is 0 Å². The van der Waals surface area contributed by atoms with E-state index < -0.39 is 0 Å². The zero-order chi connectivity index (χ0) is 25.7. The van der Waals surface area contributed by atoms with E-state index in [1.54, 1.807) is 28.4 Å². The van der Waals surface area contributed by atoms with E-state index in [0.717, 1.165) is 24.2 Å². The van der Waals surface area contributed by atoms with Gasteiger partial charge in [0.05, 0.1) is 12.3 Å². The molecule has 0 bridgehead atoms. The third-order valence-electron chi connectivity index (χ3n) is 6.69. The van der Waals surface area contributed by atoms with Crippen molar-refractivity contribution < 1.29 is 18.7 Å². The number of hydrogen-bond acceptors (Lipinski definition) is 5. The molecular formula is C29H36N2O4S. The highest BCUT2D eigenvalue weighted by Gasteiger charge is 2.34. The van der Waals surface area contributed by atoms with Gasteiger partial charge < -0.3 is 19.0 Å². The second kappa shape index (κ2) is 11.8. The molecule has 0 fully saturated rings. The lowest BCUT2D eigenvalue weighted by atomic mass is 10.00. The Bertz CT molecular complexity index is 1130. The van der Waals surface area contributed by atoms with Crippen molar-refractivity contribution in [2.75, 3.05) is 26.2 Å². The van der Waals surface area contributed by atoms with E-state index in [-0.39, 0.29) is 30.2 Å². The minimum Gasteiger partial charge on any atom is -0.491 e. The van der Waals surface area contributed by atoms with Crippen LogP contribution in [0.5, 0.6) is 5.75 Å². The standard InChI is InChI=1S/C29H36N2O4S/c1-20(2)11-14-30(29(33)26-6-5-16-34-26)18-28(32)31-15-12-27-24(13-17-36-27)25(31)19-35-23-9-7-22(8-10-23)21(3)4/h5-10,13,16-17,20-21,25H,11-12,14-15,18-19H2,1-4H3/t25-/m1/s1. The first-order valence-electron chi connectivity index (χ1n) is 12.7. The number of carbonyl (C=O) groups is 2. The van der Waals surface area contributed by atoms with Crippen molar-refractivity contribution in [1.82, 2.24) is 9.80 Å². The minimum atomic E-state index is -0.250. The number of rotatable bonds is 10. The molecule has 1 atom stereocenters. The normalized spacial score (nSPS) is 15.3. The molecule has 0 aliphatic carbocycles. The molecule has 1 aromatic carbocycles. The number of fused-ring (bicyclic) bond motifs is 1. The maximum Gasteiger partial charge on any atom is 0.290 e. The third kappa shape index (κ3) is 6.19. The van der Waals surface area contributed by atoms with Crippen LogP contribution >= 0.6 is 11.3 Å². The Morgan fingerprint density at radius 1 is 1.14 bits per heavy atom. The Kier molecular flexibility index (Phi) is 8.52. The predicted molar refractivity (Wildman–Crippen MR) is 143 cm³/mol. The lowest BCUT2D eigenvalue weighted by Crippen LogP contribution is -2.48. The Hall–Kier alpha value is -3.06. The molecule has 0 spiro atoms. The number of amides is 2. The number of benzene rings is 1. The van der Waals surface area contributed by atoms with Gasteiger partial charge >= 0.3 is 0 Å². The molecule has 0 saturated heterocycles. The number of carbonyl (C=O) groups excluding carboxylic acids is 2. The second-order valence-electron chi connectivity index (χ2n) is 10.1. The summed E-state index contributed by atoms with van der Waals surface area (Å²) in [6.45, 7) is 10.1. The van der Waals surface area contributed by atoms with Crippen LogP contribution in [0.3, 0.4) is 0 Å². The zero-order valence-corrected chi connectivity index (χ0v) is 22.4. The highest BCUT2D eigenvalue weighted by atomic mass is 32.1. The molecule has 6 nitrogen and oxygen atoms in total. The van der Waals surface area contributed by atoms with Crippen LogP contribution in [0, 0.1) is 5.92 Å². The molecule has 192 valence electrons. The molecule has 1 aliphatic heterocycles. The van der Waals surface area contributed by atoms with Crippen molar-refractivity contribution in [3.8, 4) is 5.75 Å². The van der Waals surface area contributed by atoms with Gasteiger partial charge in [0.1, 0.15) is 18.9 Å². The van der Waals surface area contributed by atoms with Gasteiger partial charge in [0.2, 0.25) is 5.91 Å². The van der Waals surface area contributed by atoms with Crippen molar-refractivity contribution in [1.29, 1.82) is 0 Å². The maximum absolute atomic E-state index is 13.6. The number of thiophene rings is 1. The highest BCUT2D eigenvalue weighted by molar-refractivity contribution is 7.10. The number of nitrogens with zero attached hydrogens (tertiary/aromatic N) is 2. The van der Waals surface area contributed by atoms with Gasteiger partial charge in [-0.3, -0.25) is 9.59 Å². The number of ether oxygens (including phenoxy) is 1. The van der Waals surface area contributed by atoms with Crippen LogP contribution in [-0.2, 0) is 11.2 Å². The average Bonchev–Trinajstić information content (AvgIpc) is 3.57. The van der Waals surface area contributed by atoms with Crippen molar-refractivity contribution in [3.05, 3.63) is 75.9 Å². The van der Waals surface area contributed by atoms with Gasteiger partial charge in [0, 0.05) is 18.0 Å². The highest BCUT2D eigenvalue weighted by Crippen LogP contribution is 2.34. The monoisotopic (exact) mass is 508 g/mol. The summed E-state index contributed by atoms with van der Waals surface area (Å²) in [4.78, 5) is 31.5. The van der Waals surface area contributed by atoms with Crippen molar-refractivity contribution in [2.45, 2.75) is 52.5 Å². The van der Waals surface area contributed by atoms with Crippen LogP contribution in [0.25, 0.3) is 0 Å². The lowest BCUT2D eigenvalue weighted by molar-refractivity contribution is -0.135. The molecule has 2 amide bonds. The Morgan fingerprint density at radius 3 is 2.58 bits per heavy atom. The van der Waals surface area contributed by atoms with E-state index in [2.05, 4.69) is 51.3 Å². The summed E-state index contributed by atoms with van der Waals surface area (Å²) >= 11 is 1.73. The van der Waals surface area contributed by atoms with Gasteiger partial charge in [-0.05, 0) is 71.5 Å². The van der Waals surface area contributed by atoms with Gasteiger partial charge in [-0.15, -0.1) is 11.3 Å². The van der Waals surface area contributed by atoms with E-state index in [1.165, 1.54) is 16.7 Å². The average molecular weight is 509 g/mol. The first-order valence-corrected chi connectivity index (χ1v) is 13.6. The number of furan rings is 1. The minimum absolute atomic E-state index is 0.0192. The summed E-state index contributed by atoms with van der Waals surface area (Å²) < 4.78 is 11.5. The first kappa shape index (κ1) is 26.0. The number of hydrogen-bond donors (Lipinski definition) is 0. The van der Waals surface area contributed by atoms with E-state index in [1.807, 2.05) is 17.0 Å². The summed E-state index contributed by atoms with van der Waals surface area (Å²) in [6.07, 6.45) is 3.11. The van der Waals surface area contributed by atoms with Gasteiger partial charge in [-0.1, -0.05) is 39.8 Å². The Balaban J connectivity index is 1.50. The Labute approximate surface area is 217 Å². The first-order chi connectivity index (χ1) is 17.3. The fraction of sp³-hybridized carbons (Fsp3) is 0.448. The quantitative estimate of drug-likeness (QED) is 0.329. The Morgan fingerprint density at radius 2 is 1.92 bits per heavy atom. The molecule has 2 aromatic heterocycles. The van der Waals surface area contributed by atoms with Crippen LogP contribution < -0.4 is 4.74 Å². The molecular weight excluding hydrogens is 472 g/mol. The smallest absolute Gasteiger partial charge is 0.290 e. The van der Waals surface area contributed by atoms with E-state index in [9.17, 15) is 9.59 Å². The van der Waals surface area contributed by atoms with Crippen molar-refractivity contribution >= 4 is 23.2 Å². The summed E-state index contributed by atoms with van der Waals surface area (Å²) in [5, 5.41) is 2.08. The molecule has 3 heterocycles. The molecule has 0 unspecified atom stereocenters. The summed E-state index contributed by atoms with van der Waals surface area (Å²) in [7, 11) is 0. The summed E-state index contributed by atoms with van der Waals surface area (Å²) in [6, 6.07) is 13.4. The molecule has 7 heteroatoms. The largest absolute Gasteiger partial charge is 0.491 e. The second-order valence-corrected chi connectivity index (χ2v) is 11.1. The lowest BCUT2D eigenvalue weighted by Gasteiger charge is -2.37. The molecule has 0 N–H and O–H groups in total. The van der Waals surface area contributed by atoms with Crippen LogP contribution in [0.15, 0.2) is 58.5 Å². The van der Waals surface area contributed by atoms with E-state index in [4.69, 9.17) is 9.15 Å². The van der Waals surface area contributed by atoms with Gasteiger partial charge in [0.15, 0.2) is 5.76 Å². The van der Waals surface area contributed by atoms with Crippen LogP contribution in [0.4, 0.5) is 0 Å². The van der Waals surface area contributed by atoms with Gasteiger partial charge in [-0.2, -0.15) is 0 Å². The predicted octanol–water partition coefficient (Wildman–Crippen LogP) is 6.16. The molecule has 3 aromatic rings. The topological polar surface area (TPSA) is 63.0 Å². The molecule has 0 saturated carbocycles. The summed E-state index contributed by atoms with van der Waals surface area (Å²) in [5.41, 5.74) is 2.41. The third-order valence-corrected chi connectivity index (χ3v) is 7.69. The molecule has 4 rings (SSSR count). The molecule has 1 aliphatic rings. The van der Waals surface area contributed by atoms with Gasteiger partial charge in [-0.25, -0.2) is 0 Å². The van der Waals surface area contributed by atoms with Crippen LogP contribution in [-0.4, -0.2) is 47.9 Å². The SMILES string of the molecule is CC(C)CCN(CC(=O)N1CCc2sccc2[C@H]1COc1ccc(C(C)C)cc1)C(=O)c1ccco1. The maximum atomic E-state index is 13.6. The van der Waals surface area contributed by atoms with Crippen LogP contribution in [0.2, 0.25) is 0 Å². The van der Waals surface area contributed by atoms with E-state index in [0.29, 0.717) is 31.5 Å².